The van der Waals surface area contributed by atoms with Crippen molar-refractivity contribution in [2.24, 2.45) is 7.05 Å². The van der Waals surface area contributed by atoms with E-state index in [1.54, 1.807) is 6.92 Å². The molecule has 0 N–H and O–H groups in total. The number of hydrogen-bond donors (Lipinski definition) is 0. The van der Waals surface area contributed by atoms with E-state index < -0.39 is 0 Å². The van der Waals surface area contributed by atoms with E-state index in [9.17, 15) is 9.59 Å². The Kier molecular flexibility index (Phi) is 6.80. The Morgan fingerprint density at radius 2 is 1.88 bits per heavy atom. The van der Waals surface area contributed by atoms with E-state index in [4.69, 9.17) is 5.10 Å². The molecule has 9 nitrogen and oxygen atoms in total. The smallest absolute Gasteiger partial charge is 0.225 e. The molecule has 1 unspecified atom stereocenters. The molecule has 1 atom stereocenters. The highest BCUT2D eigenvalue weighted by atomic mass is 16.2. The van der Waals surface area contributed by atoms with Gasteiger partial charge in [0.05, 0.1) is 18.8 Å². The summed E-state index contributed by atoms with van der Waals surface area (Å²) < 4.78 is 3.98. The van der Waals surface area contributed by atoms with Gasteiger partial charge in [-0.1, -0.05) is 36.4 Å². The highest BCUT2D eigenvalue weighted by Crippen LogP contribution is 2.41. The van der Waals surface area contributed by atoms with Gasteiger partial charge in [-0.3, -0.25) is 19.0 Å². The van der Waals surface area contributed by atoms with E-state index in [1.165, 1.54) is 22.5 Å². The Labute approximate surface area is 246 Å². The quantitative estimate of drug-likeness (QED) is 0.354. The summed E-state index contributed by atoms with van der Waals surface area (Å²) in [6.07, 6.45) is 8.05. The van der Waals surface area contributed by atoms with Crippen LogP contribution in [-0.4, -0.2) is 60.8 Å². The van der Waals surface area contributed by atoms with Crippen LogP contribution in [0.25, 0.3) is 11.1 Å². The average molecular weight is 564 g/mol. The van der Waals surface area contributed by atoms with Crippen molar-refractivity contribution in [3.05, 3.63) is 83.3 Å². The van der Waals surface area contributed by atoms with Gasteiger partial charge in [0, 0.05) is 81.7 Å². The first-order chi connectivity index (χ1) is 20.4. The molecule has 0 spiro atoms. The molecule has 5 heterocycles. The van der Waals surface area contributed by atoms with Crippen LogP contribution in [0.1, 0.15) is 54.6 Å². The Bertz CT molecular complexity index is 1640. The normalized spacial score (nSPS) is 18.7. The molecule has 1 fully saturated rings. The molecule has 7 rings (SSSR count). The molecule has 42 heavy (non-hydrogen) atoms. The molecule has 1 saturated heterocycles. The lowest BCUT2D eigenvalue weighted by Gasteiger charge is -2.33. The van der Waals surface area contributed by atoms with E-state index >= 15 is 0 Å². The number of benzene rings is 2. The predicted octanol–water partition coefficient (Wildman–Crippen LogP) is 4.64. The lowest BCUT2D eigenvalue weighted by Crippen LogP contribution is -2.40. The van der Waals surface area contributed by atoms with Gasteiger partial charge in [0.15, 0.2) is 5.82 Å². The van der Waals surface area contributed by atoms with E-state index in [0.29, 0.717) is 32.6 Å². The SMILES string of the molecule is CC(=O)N1CCc2c(c(N3CCCc4cc(-c5cnn(C)c5)ccc43)nn2C2CCN(Cc3ccccc3)C(=O)C2)C1. The van der Waals surface area contributed by atoms with Gasteiger partial charge in [-0.05, 0) is 48.1 Å². The van der Waals surface area contributed by atoms with Crippen molar-refractivity contribution < 1.29 is 9.59 Å². The third kappa shape index (κ3) is 4.86. The third-order valence-electron chi connectivity index (χ3n) is 9.06. The molecule has 0 radical (unpaired) electrons. The Hall–Kier alpha value is -4.40. The summed E-state index contributed by atoms with van der Waals surface area (Å²) >= 11 is 0. The first kappa shape index (κ1) is 26.5. The average Bonchev–Trinajstić information content (AvgIpc) is 3.61. The lowest BCUT2D eigenvalue weighted by molar-refractivity contribution is -0.135. The van der Waals surface area contributed by atoms with E-state index in [2.05, 4.69) is 45.0 Å². The summed E-state index contributed by atoms with van der Waals surface area (Å²) in [6, 6.07) is 16.9. The maximum absolute atomic E-state index is 13.3. The van der Waals surface area contributed by atoms with Crippen LogP contribution in [0.2, 0.25) is 0 Å². The van der Waals surface area contributed by atoms with E-state index in [0.717, 1.165) is 54.7 Å². The summed E-state index contributed by atoms with van der Waals surface area (Å²) in [7, 11) is 1.94. The Morgan fingerprint density at radius 1 is 1.02 bits per heavy atom. The number of aryl methyl sites for hydroxylation is 2. The van der Waals surface area contributed by atoms with Gasteiger partial charge in [0.2, 0.25) is 11.8 Å². The third-order valence-corrected chi connectivity index (χ3v) is 9.06. The summed E-state index contributed by atoms with van der Waals surface area (Å²) in [4.78, 5) is 32.0. The summed E-state index contributed by atoms with van der Waals surface area (Å²) in [6.45, 7) is 5.11. The number of nitrogens with zero attached hydrogens (tertiary/aromatic N) is 7. The van der Waals surface area contributed by atoms with Crippen molar-refractivity contribution in [1.29, 1.82) is 0 Å². The molecule has 2 aromatic heterocycles. The number of amides is 2. The molecule has 4 aromatic rings. The van der Waals surface area contributed by atoms with Gasteiger partial charge in [0.25, 0.3) is 0 Å². The molecule has 216 valence electrons. The number of carbonyl (C=O) groups is 2. The number of fused-ring (bicyclic) bond motifs is 2. The van der Waals surface area contributed by atoms with Crippen molar-refractivity contribution in [3.63, 3.8) is 0 Å². The summed E-state index contributed by atoms with van der Waals surface area (Å²) in [5.74, 6) is 1.20. The van der Waals surface area contributed by atoms with Crippen LogP contribution < -0.4 is 4.90 Å². The lowest BCUT2D eigenvalue weighted by atomic mass is 9.96. The second-order valence-corrected chi connectivity index (χ2v) is 11.8. The molecule has 2 amide bonds. The van der Waals surface area contributed by atoms with E-state index in [1.807, 2.05) is 52.1 Å². The maximum Gasteiger partial charge on any atom is 0.225 e. The van der Waals surface area contributed by atoms with Crippen molar-refractivity contribution in [2.45, 2.75) is 58.2 Å². The van der Waals surface area contributed by atoms with Gasteiger partial charge < -0.3 is 14.7 Å². The van der Waals surface area contributed by atoms with Gasteiger partial charge >= 0.3 is 0 Å². The fourth-order valence-corrected chi connectivity index (χ4v) is 6.83. The van der Waals surface area contributed by atoms with Gasteiger partial charge in [0.1, 0.15) is 0 Å². The fourth-order valence-electron chi connectivity index (χ4n) is 6.83. The number of piperidine rings is 1. The van der Waals surface area contributed by atoms with Crippen molar-refractivity contribution >= 4 is 23.3 Å². The largest absolute Gasteiger partial charge is 0.338 e. The number of aromatic nitrogens is 4. The monoisotopic (exact) mass is 563 g/mol. The zero-order valence-corrected chi connectivity index (χ0v) is 24.4. The minimum atomic E-state index is 0.0214. The zero-order valence-electron chi connectivity index (χ0n) is 24.4. The number of anilines is 2. The van der Waals surface area contributed by atoms with Crippen LogP contribution >= 0.6 is 0 Å². The number of likely N-dealkylation sites (tertiary alicyclic amines) is 1. The van der Waals surface area contributed by atoms with Crippen LogP contribution in [0, 0.1) is 0 Å². The van der Waals surface area contributed by atoms with Crippen LogP contribution in [0.5, 0.6) is 0 Å². The van der Waals surface area contributed by atoms with Crippen molar-refractivity contribution in [1.82, 2.24) is 29.4 Å². The van der Waals surface area contributed by atoms with Crippen molar-refractivity contribution in [3.8, 4) is 11.1 Å². The van der Waals surface area contributed by atoms with Crippen molar-refractivity contribution in [2.75, 3.05) is 24.5 Å². The summed E-state index contributed by atoms with van der Waals surface area (Å²) in [5.41, 5.74) is 8.21. The Balaban J connectivity index is 1.21. The molecule has 9 heteroatoms. The standard InChI is InChI=1S/C33H37N7O2/c1-23(41)37-16-13-31-29(22-37)33(35-40(31)28-12-15-38(32(42)18-28)20-24-7-4-3-5-8-24)39-14-6-9-26-17-25(10-11-30(26)39)27-19-34-36(2)21-27/h3-5,7-8,10-11,17,19,21,28H,6,9,12-16,18,20,22H2,1-2H3. The highest BCUT2D eigenvalue weighted by molar-refractivity contribution is 5.78. The molecule has 0 bridgehead atoms. The van der Waals surface area contributed by atoms with Gasteiger partial charge in [-0.25, -0.2) is 0 Å². The van der Waals surface area contributed by atoms with Gasteiger partial charge in [-0.15, -0.1) is 0 Å². The minimum absolute atomic E-state index is 0.0214. The van der Waals surface area contributed by atoms with Crippen LogP contribution in [0.15, 0.2) is 60.9 Å². The van der Waals surface area contributed by atoms with Gasteiger partial charge in [-0.2, -0.15) is 10.2 Å². The van der Waals surface area contributed by atoms with Crippen LogP contribution in [0.4, 0.5) is 11.5 Å². The number of hydrogen-bond acceptors (Lipinski definition) is 5. The summed E-state index contributed by atoms with van der Waals surface area (Å²) in [5, 5.41) is 9.63. The second kappa shape index (κ2) is 10.8. The first-order valence-corrected chi connectivity index (χ1v) is 15.0. The second-order valence-electron chi connectivity index (χ2n) is 11.8. The molecule has 0 aliphatic carbocycles. The Morgan fingerprint density at radius 3 is 2.64 bits per heavy atom. The highest BCUT2D eigenvalue weighted by Gasteiger charge is 2.35. The first-order valence-electron chi connectivity index (χ1n) is 15.0. The number of carbonyl (C=O) groups excluding carboxylic acids is 2. The molecule has 3 aliphatic heterocycles. The van der Waals surface area contributed by atoms with Crippen LogP contribution in [-0.2, 0) is 42.6 Å². The topological polar surface area (TPSA) is 79.5 Å². The molecule has 0 saturated carbocycles. The maximum atomic E-state index is 13.3. The zero-order chi connectivity index (χ0) is 28.8. The predicted molar refractivity (Wildman–Crippen MR) is 161 cm³/mol. The molecular formula is C33H37N7O2. The molecular weight excluding hydrogens is 526 g/mol. The van der Waals surface area contributed by atoms with Crippen LogP contribution in [0.3, 0.4) is 0 Å². The molecule has 2 aromatic carbocycles. The fraction of sp³-hybridized carbons (Fsp3) is 0.394. The molecule has 3 aliphatic rings. The van der Waals surface area contributed by atoms with E-state index in [-0.39, 0.29) is 17.9 Å². The minimum Gasteiger partial charge on any atom is -0.338 e. The number of rotatable bonds is 5.